The highest BCUT2D eigenvalue weighted by Gasteiger charge is 2.39. The second-order valence-corrected chi connectivity index (χ2v) is 8.83. The summed E-state index contributed by atoms with van der Waals surface area (Å²) in [7, 11) is 4.53. The van der Waals surface area contributed by atoms with Gasteiger partial charge in [-0.1, -0.05) is 38.2 Å². The van der Waals surface area contributed by atoms with Crippen molar-refractivity contribution < 1.29 is 0 Å². The molecule has 2 fully saturated rings. The lowest BCUT2D eigenvalue weighted by Crippen LogP contribution is -2.49. The molecule has 3 rings (SSSR count). The van der Waals surface area contributed by atoms with E-state index in [1.165, 1.54) is 70.6 Å². The Balaban J connectivity index is 0.00000156. The van der Waals surface area contributed by atoms with Crippen LogP contribution in [0.4, 0.5) is 0 Å². The first-order chi connectivity index (χ1) is 11.2. The number of thiophene rings is 1. The quantitative estimate of drug-likeness (QED) is 0.659. The molecule has 0 spiro atoms. The third-order valence-electron chi connectivity index (χ3n) is 6.23. The van der Waals surface area contributed by atoms with Gasteiger partial charge < -0.3 is 5.32 Å². The molecule has 0 amide bonds. The summed E-state index contributed by atoms with van der Waals surface area (Å²) in [5.41, 5.74) is 0.285. The Labute approximate surface area is 171 Å². The molecular formula is C20H36Cl2N2S. The van der Waals surface area contributed by atoms with E-state index >= 15 is 0 Å². The summed E-state index contributed by atoms with van der Waals surface area (Å²) in [6, 6.07) is 6.08. The molecule has 0 unspecified atom stereocenters. The van der Waals surface area contributed by atoms with E-state index in [1.54, 1.807) is 4.88 Å². The number of hydrogen-bond acceptors (Lipinski definition) is 3. The zero-order chi connectivity index (χ0) is 16.1. The Morgan fingerprint density at radius 3 is 2.00 bits per heavy atom. The minimum atomic E-state index is 0. The van der Waals surface area contributed by atoms with Gasteiger partial charge in [0.1, 0.15) is 0 Å². The highest BCUT2D eigenvalue weighted by molar-refractivity contribution is 7.10. The Morgan fingerprint density at radius 1 is 0.920 bits per heavy atom. The predicted molar refractivity (Wildman–Crippen MR) is 116 cm³/mol. The average molecular weight is 407 g/mol. The lowest BCUT2D eigenvalue weighted by atomic mass is 9.77. The largest absolute Gasteiger partial charge is 0.311 e. The molecule has 1 aromatic rings. The number of nitrogens with one attached hydrogen (secondary N) is 1. The fraction of sp³-hybridized carbons (Fsp3) is 0.800. The van der Waals surface area contributed by atoms with Gasteiger partial charge in [0.15, 0.2) is 0 Å². The Hall–Kier alpha value is 0.200. The lowest BCUT2D eigenvalue weighted by molar-refractivity contribution is 0.0858. The topological polar surface area (TPSA) is 15.3 Å². The Kier molecular flexibility index (Phi) is 10.4. The van der Waals surface area contributed by atoms with Crippen LogP contribution in [-0.2, 0) is 5.54 Å². The van der Waals surface area contributed by atoms with Crippen LogP contribution in [0.2, 0.25) is 0 Å². The van der Waals surface area contributed by atoms with Crippen LogP contribution >= 0.6 is 36.2 Å². The lowest BCUT2D eigenvalue weighted by Gasteiger charge is -2.45. The van der Waals surface area contributed by atoms with Gasteiger partial charge >= 0.3 is 0 Å². The molecule has 1 aromatic heterocycles. The summed E-state index contributed by atoms with van der Waals surface area (Å²) in [5, 5.41) is 6.27. The van der Waals surface area contributed by atoms with Gasteiger partial charge in [0.2, 0.25) is 0 Å². The van der Waals surface area contributed by atoms with E-state index in [1.807, 2.05) is 11.3 Å². The number of hydrogen-bond donors (Lipinski definition) is 1. The fourth-order valence-electron chi connectivity index (χ4n) is 4.68. The molecule has 0 atom stereocenters. The zero-order valence-corrected chi connectivity index (χ0v) is 18.3. The van der Waals surface area contributed by atoms with Gasteiger partial charge in [0, 0.05) is 17.0 Å². The first kappa shape index (κ1) is 23.2. The van der Waals surface area contributed by atoms with Crippen LogP contribution in [0, 0.1) is 0 Å². The first-order valence-corrected chi connectivity index (χ1v) is 10.6. The van der Waals surface area contributed by atoms with Gasteiger partial charge in [-0.3, -0.25) is 4.90 Å². The van der Waals surface area contributed by atoms with Gasteiger partial charge in [-0.2, -0.15) is 0 Å². The summed E-state index contributed by atoms with van der Waals surface area (Å²) in [6.07, 6.45) is 15.3. The molecule has 5 heteroatoms. The van der Waals surface area contributed by atoms with Crippen LogP contribution in [0.25, 0.3) is 0 Å². The van der Waals surface area contributed by atoms with Crippen molar-refractivity contribution in [2.24, 2.45) is 0 Å². The van der Waals surface area contributed by atoms with Crippen molar-refractivity contribution in [1.29, 1.82) is 0 Å². The summed E-state index contributed by atoms with van der Waals surface area (Å²) in [6.45, 7) is 0. The standard InChI is InChI=1S/C20H34N2S.2ClH/c1-22(2)20(19-11-8-16-23-19)14-12-18(13-15-20)21-17-9-6-4-3-5-7-10-17;;/h8,11,16-18,21H,3-7,9-10,12-15H2,1-2H3;2*1H. The van der Waals surface area contributed by atoms with Gasteiger partial charge in [-0.25, -0.2) is 0 Å². The Morgan fingerprint density at radius 2 is 1.48 bits per heavy atom. The van der Waals surface area contributed by atoms with E-state index < -0.39 is 0 Å². The minimum absolute atomic E-state index is 0. The molecule has 25 heavy (non-hydrogen) atoms. The summed E-state index contributed by atoms with van der Waals surface area (Å²) in [4.78, 5) is 4.04. The molecule has 2 aliphatic carbocycles. The summed E-state index contributed by atoms with van der Waals surface area (Å²) in [5.74, 6) is 0. The molecule has 0 saturated heterocycles. The number of nitrogens with zero attached hydrogens (tertiary/aromatic N) is 1. The predicted octanol–water partition coefficient (Wildman–Crippen LogP) is 5.99. The number of halogens is 2. The normalized spacial score (nSPS) is 28.5. The number of rotatable bonds is 4. The van der Waals surface area contributed by atoms with Crippen LogP contribution in [0.1, 0.15) is 75.5 Å². The van der Waals surface area contributed by atoms with Crippen molar-refractivity contribution in [3.8, 4) is 0 Å². The molecular weight excluding hydrogens is 371 g/mol. The van der Waals surface area contributed by atoms with E-state index in [0.29, 0.717) is 0 Å². The van der Waals surface area contributed by atoms with Gasteiger partial charge in [-0.15, -0.1) is 36.2 Å². The smallest absolute Gasteiger partial charge is 0.0549 e. The molecule has 0 bridgehead atoms. The maximum atomic E-state index is 4.03. The molecule has 146 valence electrons. The fourth-order valence-corrected chi connectivity index (χ4v) is 5.74. The van der Waals surface area contributed by atoms with Crippen molar-refractivity contribution in [3.05, 3.63) is 22.4 Å². The molecule has 2 aliphatic rings. The maximum Gasteiger partial charge on any atom is 0.0549 e. The van der Waals surface area contributed by atoms with Gasteiger partial charge in [0.05, 0.1) is 5.54 Å². The highest BCUT2D eigenvalue weighted by Crippen LogP contribution is 2.43. The van der Waals surface area contributed by atoms with Gasteiger partial charge in [-0.05, 0) is 64.1 Å². The van der Waals surface area contributed by atoms with Crippen molar-refractivity contribution in [1.82, 2.24) is 10.2 Å². The Bertz CT molecular complexity index is 448. The first-order valence-electron chi connectivity index (χ1n) is 9.68. The van der Waals surface area contributed by atoms with Crippen LogP contribution in [0.5, 0.6) is 0 Å². The SMILES string of the molecule is CN(C)C1(c2cccs2)CCC(NC2CCCCCCC2)CC1.Cl.Cl. The van der Waals surface area contributed by atoms with Crippen molar-refractivity contribution in [3.63, 3.8) is 0 Å². The molecule has 2 saturated carbocycles. The summed E-state index contributed by atoms with van der Waals surface area (Å²) < 4.78 is 0. The van der Waals surface area contributed by atoms with Crippen molar-refractivity contribution in [2.75, 3.05) is 14.1 Å². The minimum Gasteiger partial charge on any atom is -0.311 e. The molecule has 0 aromatic carbocycles. The van der Waals surface area contributed by atoms with E-state index in [4.69, 9.17) is 0 Å². The van der Waals surface area contributed by atoms with Gasteiger partial charge in [0.25, 0.3) is 0 Å². The van der Waals surface area contributed by atoms with Crippen LogP contribution in [0.15, 0.2) is 17.5 Å². The van der Waals surface area contributed by atoms with E-state index in [9.17, 15) is 0 Å². The molecule has 2 nitrogen and oxygen atoms in total. The average Bonchev–Trinajstić information content (AvgIpc) is 3.05. The highest BCUT2D eigenvalue weighted by atomic mass is 35.5. The third-order valence-corrected chi connectivity index (χ3v) is 7.29. The molecule has 0 aliphatic heterocycles. The van der Waals surface area contributed by atoms with Crippen molar-refractivity contribution in [2.45, 2.75) is 88.3 Å². The third kappa shape index (κ3) is 5.84. The molecule has 1 N–H and O–H groups in total. The molecule has 1 heterocycles. The van der Waals surface area contributed by atoms with E-state index in [2.05, 4.69) is 41.8 Å². The second-order valence-electron chi connectivity index (χ2n) is 7.89. The molecule has 0 radical (unpaired) electrons. The zero-order valence-electron chi connectivity index (χ0n) is 15.8. The van der Waals surface area contributed by atoms with Crippen molar-refractivity contribution >= 4 is 36.2 Å². The monoisotopic (exact) mass is 406 g/mol. The summed E-state index contributed by atoms with van der Waals surface area (Å²) >= 11 is 1.94. The van der Waals surface area contributed by atoms with Crippen LogP contribution in [0.3, 0.4) is 0 Å². The van der Waals surface area contributed by atoms with Crippen LogP contribution < -0.4 is 5.32 Å². The second kappa shape index (κ2) is 11.1. The van der Waals surface area contributed by atoms with E-state index in [-0.39, 0.29) is 30.4 Å². The van der Waals surface area contributed by atoms with E-state index in [0.717, 1.165) is 12.1 Å². The van der Waals surface area contributed by atoms with Crippen LogP contribution in [-0.4, -0.2) is 31.1 Å². The maximum absolute atomic E-state index is 4.03.